The van der Waals surface area contributed by atoms with Gasteiger partial charge in [0.05, 0.1) is 0 Å². The molecule has 0 spiro atoms. The van der Waals surface area contributed by atoms with E-state index >= 15 is 0 Å². The maximum absolute atomic E-state index is 13.4. The first-order chi connectivity index (χ1) is 15.2. The highest BCUT2D eigenvalue weighted by Crippen LogP contribution is 2.18. The summed E-state index contributed by atoms with van der Waals surface area (Å²) in [6, 6.07) is 20.5. The van der Waals surface area contributed by atoms with E-state index in [1.807, 2.05) is 30.3 Å². The molecular formula is C25H24N4O3. The topological polar surface area (TPSA) is 133 Å². The predicted molar refractivity (Wildman–Crippen MR) is 123 cm³/mol. The molecule has 6 N–H and O–H groups in total. The van der Waals surface area contributed by atoms with Gasteiger partial charge in [0.15, 0.2) is 0 Å². The molecule has 0 aliphatic heterocycles. The van der Waals surface area contributed by atoms with Crippen molar-refractivity contribution in [3.8, 4) is 0 Å². The van der Waals surface area contributed by atoms with Crippen LogP contribution in [0.5, 0.6) is 0 Å². The Morgan fingerprint density at radius 1 is 0.656 bits per heavy atom. The van der Waals surface area contributed by atoms with E-state index in [1.54, 1.807) is 41.3 Å². The van der Waals surface area contributed by atoms with E-state index in [-0.39, 0.29) is 24.6 Å². The zero-order valence-corrected chi connectivity index (χ0v) is 17.5. The van der Waals surface area contributed by atoms with E-state index in [9.17, 15) is 14.4 Å². The number of amides is 3. The number of carbonyl (C=O) groups excluding carboxylic acids is 3. The van der Waals surface area contributed by atoms with Crippen LogP contribution in [0.1, 0.15) is 47.8 Å². The highest BCUT2D eigenvalue weighted by atomic mass is 16.2. The molecule has 0 fully saturated rings. The van der Waals surface area contributed by atoms with Crippen molar-refractivity contribution in [2.45, 2.75) is 13.1 Å². The first-order valence-corrected chi connectivity index (χ1v) is 9.86. The van der Waals surface area contributed by atoms with Crippen LogP contribution in [-0.4, -0.2) is 22.6 Å². The van der Waals surface area contributed by atoms with Crippen LogP contribution in [0.15, 0.2) is 79.4 Å². The normalized spacial score (nSPS) is 10.4. The standard InChI is InChI=1S/C25H24N4O3/c1-16(26)19-7-2-5-17(11-19)14-29(15-18-6-3-8-20(12-18)23(27)30)25(32)22-10-4-9-21(13-22)24(28)31/h2-13H,1,14-15,26H2,(H2,27,30)(H2,28,31). The average Bonchev–Trinajstić information content (AvgIpc) is 2.78. The maximum atomic E-state index is 13.4. The molecule has 3 rings (SSSR count). The summed E-state index contributed by atoms with van der Waals surface area (Å²) in [5.41, 5.74) is 20.3. The Morgan fingerprint density at radius 3 is 1.62 bits per heavy atom. The van der Waals surface area contributed by atoms with Gasteiger partial charge in [0.25, 0.3) is 5.91 Å². The highest BCUT2D eigenvalue weighted by molar-refractivity contribution is 5.99. The summed E-state index contributed by atoms with van der Waals surface area (Å²) in [7, 11) is 0. The smallest absolute Gasteiger partial charge is 0.254 e. The summed E-state index contributed by atoms with van der Waals surface area (Å²) >= 11 is 0. The van der Waals surface area contributed by atoms with E-state index in [4.69, 9.17) is 17.2 Å². The SMILES string of the molecule is C=C(N)c1cccc(CN(Cc2cccc(C(N)=O)c2)C(=O)c2cccc(C(N)=O)c2)c1. The van der Waals surface area contributed by atoms with Gasteiger partial charge in [0, 0.05) is 35.5 Å². The van der Waals surface area contributed by atoms with Crippen molar-refractivity contribution in [2.24, 2.45) is 17.2 Å². The Bertz CT molecular complexity index is 1140. The minimum atomic E-state index is -0.616. The summed E-state index contributed by atoms with van der Waals surface area (Å²) in [6.45, 7) is 4.24. The number of primary amides is 2. The van der Waals surface area contributed by atoms with E-state index in [1.165, 1.54) is 6.07 Å². The number of carbonyl (C=O) groups is 3. The lowest BCUT2D eigenvalue weighted by Gasteiger charge is -2.24. The molecule has 7 heteroatoms. The van der Waals surface area contributed by atoms with Gasteiger partial charge in [-0.25, -0.2) is 0 Å². The molecule has 162 valence electrons. The molecule has 0 bridgehead atoms. The van der Waals surface area contributed by atoms with Gasteiger partial charge in [-0.3, -0.25) is 14.4 Å². The monoisotopic (exact) mass is 428 g/mol. The van der Waals surface area contributed by atoms with Gasteiger partial charge in [0.2, 0.25) is 11.8 Å². The van der Waals surface area contributed by atoms with Gasteiger partial charge in [-0.05, 0) is 53.1 Å². The van der Waals surface area contributed by atoms with Gasteiger partial charge in [0.1, 0.15) is 0 Å². The van der Waals surface area contributed by atoms with E-state index < -0.39 is 11.8 Å². The van der Waals surface area contributed by atoms with Crippen LogP contribution in [0.2, 0.25) is 0 Å². The largest absolute Gasteiger partial charge is 0.399 e. The zero-order valence-electron chi connectivity index (χ0n) is 17.5. The zero-order chi connectivity index (χ0) is 23.3. The second kappa shape index (κ2) is 9.61. The number of nitrogens with two attached hydrogens (primary N) is 3. The van der Waals surface area contributed by atoms with Crippen LogP contribution in [0, 0.1) is 0 Å². The summed E-state index contributed by atoms with van der Waals surface area (Å²) in [4.78, 5) is 38.1. The molecule has 3 aromatic carbocycles. The van der Waals surface area contributed by atoms with E-state index in [0.29, 0.717) is 16.8 Å². The Balaban J connectivity index is 1.97. The lowest BCUT2D eigenvalue weighted by atomic mass is 10.1. The van der Waals surface area contributed by atoms with Gasteiger partial charge in [-0.2, -0.15) is 0 Å². The van der Waals surface area contributed by atoms with E-state index in [0.717, 1.165) is 16.7 Å². The van der Waals surface area contributed by atoms with Gasteiger partial charge < -0.3 is 22.1 Å². The van der Waals surface area contributed by atoms with Crippen LogP contribution >= 0.6 is 0 Å². The van der Waals surface area contributed by atoms with Crippen molar-refractivity contribution in [3.63, 3.8) is 0 Å². The fraction of sp³-hybridized carbons (Fsp3) is 0.0800. The van der Waals surface area contributed by atoms with Gasteiger partial charge >= 0.3 is 0 Å². The average molecular weight is 428 g/mol. The van der Waals surface area contributed by atoms with Gasteiger partial charge in [-0.1, -0.05) is 43.0 Å². The number of nitrogens with zero attached hydrogens (tertiary/aromatic N) is 1. The molecule has 0 aliphatic rings. The molecule has 0 aromatic heterocycles. The number of rotatable bonds is 8. The van der Waals surface area contributed by atoms with Crippen molar-refractivity contribution in [1.29, 1.82) is 0 Å². The summed E-state index contributed by atoms with van der Waals surface area (Å²) in [5, 5.41) is 0. The molecule has 0 unspecified atom stereocenters. The quantitative estimate of drug-likeness (QED) is 0.509. The van der Waals surface area contributed by atoms with Gasteiger partial charge in [-0.15, -0.1) is 0 Å². The molecule has 3 aromatic rings. The summed E-state index contributed by atoms with van der Waals surface area (Å²) in [6.07, 6.45) is 0. The van der Waals surface area contributed by atoms with Crippen molar-refractivity contribution >= 4 is 23.4 Å². The molecule has 0 aliphatic carbocycles. The van der Waals surface area contributed by atoms with Crippen molar-refractivity contribution in [2.75, 3.05) is 0 Å². The molecule has 3 amide bonds. The minimum Gasteiger partial charge on any atom is -0.399 e. The molecular weight excluding hydrogens is 404 g/mol. The second-order valence-corrected chi connectivity index (χ2v) is 7.40. The first kappa shape index (κ1) is 22.3. The number of hydrogen-bond donors (Lipinski definition) is 3. The van der Waals surface area contributed by atoms with Crippen molar-refractivity contribution < 1.29 is 14.4 Å². The molecule has 0 heterocycles. The first-order valence-electron chi connectivity index (χ1n) is 9.86. The maximum Gasteiger partial charge on any atom is 0.254 e. The third kappa shape index (κ3) is 5.40. The van der Waals surface area contributed by atoms with Crippen molar-refractivity contribution in [3.05, 3.63) is 113 Å². The molecule has 0 radical (unpaired) electrons. The van der Waals surface area contributed by atoms with E-state index in [2.05, 4.69) is 6.58 Å². The molecule has 0 atom stereocenters. The van der Waals surface area contributed by atoms with Crippen LogP contribution < -0.4 is 17.2 Å². The fourth-order valence-corrected chi connectivity index (χ4v) is 3.32. The lowest BCUT2D eigenvalue weighted by molar-refractivity contribution is 0.0730. The molecule has 7 nitrogen and oxygen atoms in total. The summed E-state index contributed by atoms with van der Waals surface area (Å²) < 4.78 is 0. The Morgan fingerprint density at radius 2 is 1.09 bits per heavy atom. The third-order valence-corrected chi connectivity index (χ3v) is 4.94. The van der Waals surface area contributed by atoms with Crippen molar-refractivity contribution in [1.82, 2.24) is 4.90 Å². The Hall–Kier alpha value is -4.39. The second-order valence-electron chi connectivity index (χ2n) is 7.40. The minimum absolute atomic E-state index is 0.217. The highest BCUT2D eigenvalue weighted by Gasteiger charge is 2.19. The lowest BCUT2D eigenvalue weighted by Crippen LogP contribution is -2.30. The van der Waals surface area contributed by atoms with Crippen LogP contribution in [0.3, 0.4) is 0 Å². The fourth-order valence-electron chi connectivity index (χ4n) is 3.32. The van der Waals surface area contributed by atoms with Crippen LogP contribution in [0.25, 0.3) is 5.70 Å². The molecule has 32 heavy (non-hydrogen) atoms. The number of hydrogen-bond acceptors (Lipinski definition) is 4. The Kier molecular flexibility index (Phi) is 6.70. The van der Waals surface area contributed by atoms with Crippen LogP contribution in [0.4, 0.5) is 0 Å². The Labute approximate surface area is 186 Å². The number of benzene rings is 3. The predicted octanol–water partition coefficient (Wildman–Crippen LogP) is 2.66. The summed E-state index contributed by atoms with van der Waals surface area (Å²) in [5.74, 6) is -1.46. The third-order valence-electron chi connectivity index (χ3n) is 4.94. The molecule has 0 saturated heterocycles. The van der Waals surface area contributed by atoms with Crippen LogP contribution in [-0.2, 0) is 13.1 Å². The molecule has 0 saturated carbocycles.